The zero-order valence-corrected chi connectivity index (χ0v) is 11.1. The number of nitrogens with one attached hydrogen (secondary N) is 1. The molecule has 3 N–H and O–H groups in total. The number of ether oxygens (including phenoxy) is 1. The second-order valence-electron chi connectivity index (χ2n) is 4.45. The van der Waals surface area contributed by atoms with Gasteiger partial charge >= 0.3 is 0 Å². The molecule has 0 spiro atoms. The van der Waals surface area contributed by atoms with Gasteiger partial charge in [0.25, 0.3) is 0 Å². The van der Waals surface area contributed by atoms with Crippen molar-refractivity contribution in [3.63, 3.8) is 0 Å². The number of benzene rings is 2. The molecule has 0 aliphatic heterocycles. The lowest BCUT2D eigenvalue weighted by Gasteiger charge is -2.13. The number of aromatic nitrogens is 1. The highest BCUT2D eigenvalue weighted by atomic mass is 16.5. The minimum atomic E-state index is 0.598. The fourth-order valence-corrected chi connectivity index (χ4v) is 2.21. The number of fused-ring (bicyclic) bond motifs is 1. The number of para-hydroxylation sites is 1. The number of rotatable bonds is 3. The summed E-state index contributed by atoms with van der Waals surface area (Å²) in [5, 5.41) is 5.54. The highest BCUT2D eigenvalue weighted by Gasteiger charge is 2.07. The monoisotopic (exact) mass is 265 g/mol. The van der Waals surface area contributed by atoms with Crippen LogP contribution in [-0.4, -0.2) is 12.1 Å². The first-order chi connectivity index (χ1) is 9.79. The molecule has 1 aromatic heterocycles. The van der Waals surface area contributed by atoms with Crippen LogP contribution < -0.4 is 15.8 Å². The SMILES string of the molecule is COc1cccc(Nc2cccc3cnccc23)c1N. The zero-order chi connectivity index (χ0) is 13.9. The van der Waals surface area contributed by atoms with Gasteiger partial charge in [0.2, 0.25) is 0 Å². The first kappa shape index (κ1) is 12.3. The second kappa shape index (κ2) is 5.09. The van der Waals surface area contributed by atoms with Gasteiger partial charge in [-0.1, -0.05) is 18.2 Å². The second-order valence-corrected chi connectivity index (χ2v) is 4.45. The van der Waals surface area contributed by atoms with Crippen LogP contribution in [-0.2, 0) is 0 Å². The van der Waals surface area contributed by atoms with Crippen LogP contribution in [0, 0.1) is 0 Å². The van der Waals surface area contributed by atoms with Crippen molar-refractivity contribution >= 4 is 27.8 Å². The van der Waals surface area contributed by atoms with Crippen LogP contribution in [0.25, 0.3) is 10.8 Å². The molecule has 0 aliphatic carbocycles. The van der Waals surface area contributed by atoms with Gasteiger partial charge in [0, 0.05) is 28.9 Å². The molecule has 2 aromatic carbocycles. The van der Waals surface area contributed by atoms with Gasteiger partial charge < -0.3 is 15.8 Å². The summed E-state index contributed by atoms with van der Waals surface area (Å²) in [6.07, 6.45) is 3.62. The number of nitrogens with zero attached hydrogens (tertiary/aromatic N) is 1. The van der Waals surface area contributed by atoms with Gasteiger partial charge in [-0.2, -0.15) is 0 Å². The number of nitrogens with two attached hydrogens (primary N) is 1. The van der Waals surface area contributed by atoms with E-state index in [1.807, 2.05) is 48.7 Å². The van der Waals surface area contributed by atoms with Gasteiger partial charge in [0.15, 0.2) is 0 Å². The van der Waals surface area contributed by atoms with Gasteiger partial charge in [-0.25, -0.2) is 0 Å². The van der Waals surface area contributed by atoms with E-state index < -0.39 is 0 Å². The van der Waals surface area contributed by atoms with E-state index in [0.717, 1.165) is 22.1 Å². The molecule has 3 aromatic rings. The fraction of sp³-hybridized carbons (Fsp3) is 0.0625. The van der Waals surface area contributed by atoms with Crippen LogP contribution in [0.15, 0.2) is 54.9 Å². The van der Waals surface area contributed by atoms with Gasteiger partial charge in [-0.3, -0.25) is 4.98 Å². The Bertz CT molecular complexity index is 750. The zero-order valence-electron chi connectivity index (χ0n) is 11.1. The van der Waals surface area contributed by atoms with Crippen molar-refractivity contribution in [1.82, 2.24) is 4.98 Å². The standard InChI is InChI=1S/C16H15N3O/c1-20-15-7-3-6-14(16(15)17)19-13-5-2-4-11-10-18-9-8-12(11)13/h2-10,19H,17H2,1H3. The van der Waals surface area contributed by atoms with E-state index >= 15 is 0 Å². The first-order valence-electron chi connectivity index (χ1n) is 6.32. The number of nitrogen functional groups attached to an aromatic ring is 1. The average Bonchev–Trinajstić information content (AvgIpc) is 2.50. The van der Waals surface area contributed by atoms with Gasteiger partial charge in [0.1, 0.15) is 5.75 Å². The van der Waals surface area contributed by atoms with Gasteiger partial charge in [0.05, 0.1) is 18.5 Å². The van der Waals surface area contributed by atoms with Crippen LogP contribution in [0.2, 0.25) is 0 Å². The molecule has 0 saturated carbocycles. The van der Waals surface area contributed by atoms with Gasteiger partial charge in [-0.15, -0.1) is 0 Å². The van der Waals surface area contributed by atoms with Crippen molar-refractivity contribution in [3.8, 4) is 5.75 Å². The third kappa shape index (κ3) is 2.12. The Balaban J connectivity index is 2.06. The third-order valence-electron chi connectivity index (χ3n) is 3.24. The summed E-state index contributed by atoms with van der Waals surface area (Å²) in [6.45, 7) is 0. The Hall–Kier alpha value is -2.75. The summed E-state index contributed by atoms with van der Waals surface area (Å²) in [5.41, 5.74) is 8.50. The summed E-state index contributed by atoms with van der Waals surface area (Å²) in [5.74, 6) is 0.664. The highest BCUT2D eigenvalue weighted by molar-refractivity contribution is 5.96. The lowest BCUT2D eigenvalue weighted by molar-refractivity contribution is 0.417. The fourth-order valence-electron chi connectivity index (χ4n) is 2.21. The van der Waals surface area contributed by atoms with E-state index in [0.29, 0.717) is 11.4 Å². The van der Waals surface area contributed by atoms with E-state index in [2.05, 4.69) is 10.3 Å². The predicted molar refractivity (Wildman–Crippen MR) is 82.4 cm³/mol. The first-order valence-corrected chi connectivity index (χ1v) is 6.32. The maximum Gasteiger partial charge on any atom is 0.143 e. The molecular weight excluding hydrogens is 250 g/mol. The third-order valence-corrected chi connectivity index (χ3v) is 3.24. The highest BCUT2D eigenvalue weighted by Crippen LogP contribution is 2.33. The van der Waals surface area contributed by atoms with Gasteiger partial charge in [-0.05, 0) is 24.3 Å². The van der Waals surface area contributed by atoms with Crippen LogP contribution in [0.3, 0.4) is 0 Å². The van der Waals surface area contributed by atoms with Crippen molar-refractivity contribution in [3.05, 3.63) is 54.9 Å². The number of methoxy groups -OCH3 is 1. The van der Waals surface area contributed by atoms with E-state index in [-0.39, 0.29) is 0 Å². The smallest absolute Gasteiger partial charge is 0.143 e. The molecule has 0 aliphatic rings. The lowest BCUT2D eigenvalue weighted by atomic mass is 10.1. The molecule has 0 bridgehead atoms. The molecule has 4 heteroatoms. The average molecular weight is 265 g/mol. The Morgan fingerprint density at radius 1 is 1.05 bits per heavy atom. The summed E-state index contributed by atoms with van der Waals surface area (Å²) >= 11 is 0. The van der Waals surface area contributed by atoms with E-state index in [1.165, 1.54) is 0 Å². The molecule has 100 valence electrons. The quantitative estimate of drug-likeness (QED) is 0.711. The minimum absolute atomic E-state index is 0.598. The van der Waals surface area contributed by atoms with Crippen molar-refractivity contribution in [1.29, 1.82) is 0 Å². The molecule has 0 atom stereocenters. The molecule has 0 fully saturated rings. The summed E-state index contributed by atoms with van der Waals surface area (Å²) in [6, 6.07) is 13.7. The normalized spacial score (nSPS) is 10.4. The summed E-state index contributed by atoms with van der Waals surface area (Å²) in [4.78, 5) is 4.13. The molecule has 0 radical (unpaired) electrons. The molecule has 1 heterocycles. The van der Waals surface area contributed by atoms with E-state index in [1.54, 1.807) is 13.3 Å². The van der Waals surface area contributed by atoms with Crippen LogP contribution in [0.1, 0.15) is 0 Å². The van der Waals surface area contributed by atoms with Crippen molar-refractivity contribution in [2.75, 3.05) is 18.2 Å². The molecule has 0 unspecified atom stereocenters. The minimum Gasteiger partial charge on any atom is -0.495 e. The van der Waals surface area contributed by atoms with Crippen LogP contribution in [0.5, 0.6) is 5.75 Å². The largest absolute Gasteiger partial charge is 0.495 e. The molecule has 3 rings (SSSR count). The maximum atomic E-state index is 6.09. The van der Waals surface area contributed by atoms with E-state index in [9.17, 15) is 0 Å². The van der Waals surface area contributed by atoms with Crippen molar-refractivity contribution in [2.24, 2.45) is 0 Å². The molecule has 20 heavy (non-hydrogen) atoms. The number of hydrogen-bond acceptors (Lipinski definition) is 4. The number of anilines is 3. The Morgan fingerprint density at radius 2 is 1.85 bits per heavy atom. The Morgan fingerprint density at radius 3 is 2.70 bits per heavy atom. The number of pyridine rings is 1. The van der Waals surface area contributed by atoms with E-state index in [4.69, 9.17) is 10.5 Å². The Kier molecular flexibility index (Phi) is 3.13. The summed E-state index contributed by atoms with van der Waals surface area (Å²) in [7, 11) is 1.61. The molecular formula is C16H15N3O. The lowest BCUT2D eigenvalue weighted by Crippen LogP contribution is -1.99. The van der Waals surface area contributed by atoms with Crippen molar-refractivity contribution in [2.45, 2.75) is 0 Å². The molecule has 4 nitrogen and oxygen atoms in total. The number of hydrogen-bond donors (Lipinski definition) is 2. The van der Waals surface area contributed by atoms with Crippen molar-refractivity contribution < 1.29 is 4.74 Å². The topological polar surface area (TPSA) is 60.2 Å². The maximum absolute atomic E-state index is 6.09. The molecule has 0 saturated heterocycles. The van der Waals surface area contributed by atoms with Crippen LogP contribution >= 0.6 is 0 Å². The summed E-state index contributed by atoms with van der Waals surface area (Å²) < 4.78 is 5.24. The predicted octanol–water partition coefficient (Wildman–Crippen LogP) is 3.57. The molecule has 0 amide bonds. The Labute approximate surface area is 117 Å². The van der Waals surface area contributed by atoms with Crippen LogP contribution in [0.4, 0.5) is 17.1 Å².